The lowest BCUT2D eigenvalue weighted by Crippen LogP contribution is -2.32. The Morgan fingerprint density at radius 1 is 0.974 bits per heavy atom. The van der Waals surface area contributed by atoms with Crippen molar-refractivity contribution in [2.45, 2.75) is 18.3 Å². The zero-order valence-corrected chi connectivity index (χ0v) is 21.5. The number of sulfonamides is 1. The zero-order valence-electron chi connectivity index (χ0n) is 20.7. The maximum atomic E-state index is 13.3. The molecule has 38 heavy (non-hydrogen) atoms. The number of hydrogen-bond donors (Lipinski definition) is 2. The molecule has 2 unspecified atom stereocenters. The van der Waals surface area contributed by atoms with Gasteiger partial charge in [0.2, 0.25) is 21.9 Å². The normalized spacial score (nSPS) is 13.0. The quantitative estimate of drug-likeness (QED) is 0.300. The molecule has 0 amide bonds. The standard InChI is InChI=1S/C23H24FN7O6S/c1-13(20(32)21-25-11-14(24)12-26-21)38(33,34)30-23-29-28-22(15-7-5-10-18(27-15)37-4)31(23)19-16(35-2)8-6-9-17(19)36-3/h5-13,20,32H,1-4H3,(H,29,30). The monoisotopic (exact) mass is 545 g/mol. The fourth-order valence-electron chi connectivity index (χ4n) is 3.51. The number of aliphatic hydroxyl groups excluding tert-OH is 1. The van der Waals surface area contributed by atoms with Crippen LogP contribution in [0.25, 0.3) is 17.2 Å². The highest BCUT2D eigenvalue weighted by Crippen LogP contribution is 2.38. The van der Waals surface area contributed by atoms with Gasteiger partial charge < -0.3 is 19.3 Å². The van der Waals surface area contributed by atoms with E-state index in [1.54, 1.807) is 36.4 Å². The Morgan fingerprint density at radius 2 is 1.61 bits per heavy atom. The van der Waals surface area contributed by atoms with E-state index < -0.39 is 27.2 Å². The third-order valence-corrected chi connectivity index (χ3v) is 7.23. The van der Waals surface area contributed by atoms with E-state index in [9.17, 15) is 17.9 Å². The molecule has 2 atom stereocenters. The van der Waals surface area contributed by atoms with Crippen LogP contribution in [0.3, 0.4) is 0 Å². The first-order valence-electron chi connectivity index (χ1n) is 11.1. The fourth-order valence-corrected chi connectivity index (χ4v) is 4.54. The maximum Gasteiger partial charge on any atom is 0.243 e. The minimum absolute atomic E-state index is 0.138. The van der Waals surface area contributed by atoms with E-state index in [0.29, 0.717) is 23.1 Å². The summed E-state index contributed by atoms with van der Waals surface area (Å²) in [6, 6.07) is 9.96. The number of anilines is 1. The molecular formula is C23H24FN7O6S. The Hall–Kier alpha value is -4.37. The van der Waals surface area contributed by atoms with Crippen molar-refractivity contribution < 1.29 is 32.1 Å². The molecule has 200 valence electrons. The molecule has 0 fully saturated rings. The molecule has 0 saturated heterocycles. The van der Waals surface area contributed by atoms with Crippen molar-refractivity contribution in [3.8, 4) is 34.6 Å². The number of ether oxygens (including phenoxy) is 3. The van der Waals surface area contributed by atoms with Gasteiger partial charge in [-0.3, -0.25) is 9.29 Å². The number of hydrogen-bond acceptors (Lipinski definition) is 11. The van der Waals surface area contributed by atoms with E-state index in [2.05, 4.69) is 29.9 Å². The van der Waals surface area contributed by atoms with Gasteiger partial charge in [0.15, 0.2) is 17.5 Å². The number of pyridine rings is 1. The third kappa shape index (κ3) is 5.19. The average molecular weight is 546 g/mol. The molecule has 13 nitrogen and oxygen atoms in total. The van der Waals surface area contributed by atoms with Gasteiger partial charge in [0, 0.05) is 6.07 Å². The van der Waals surface area contributed by atoms with Gasteiger partial charge in [0.25, 0.3) is 0 Å². The van der Waals surface area contributed by atoms with Gasteiger partial charge in [0.05, 0.1) is 33.7 Å². The maximum absolute atomic E-state index is 13.3. The molecule has 3 heterocycles. The summed E-state index contributed by atoms with van der Waals surface area (Å²) in [7, 11) is -0.00737. The minimum atomic E-state index is -4.35. The number of nitrogens with zero attached hydrogens (tertiary/aromatic N) is 6. The lowest BCUT2D eigenvalue weighted by atomic mass is 10.2. The number of para-hydroxylation sites is 1. The Morgan fingerprint density at radius 3 is 2.21 bits per heavy atom. The molecule has 0 radical (unpaired) electrons. The first-order chi connectivity index (χ1) is 18.2. The Balaban J connectivity index is 1.84. The summed E-state index contributed by atoms with van der Waals surface area (Å²) < 4.78 is 59.9. The topological polar surface area (TPSA) is 163 Å². The molecular weight excluding hydrogens is 521 g/mol. The first kappa shape index (κ1) is 26.7. The van der Waals surface area contributed by atoms with E-state index in [0.717, 1.165) is 12.4 Å². The molecule has 0 spiro atoms. The number of nitrogens with one attached hydrogen (secondary N) is 1. The van der Waals surface area contributed by atoms with Crippen LogP contribution in [-0.4, -0.2) is 69.8 Å². The molecule has 4 rings (SSSR count). The highest BCUT2D eigenvalue weighted by molar-refractivity contribution is 7.93. The van der Waals surface area contributed by atoms with Crippen LogP contribution < -0.4 is 18.9 Å². The lowest BCUT2D eigenvalue weighted by molar-refractivity contribution is 0.166. The molecule has 15 heteroatoms. The summed E-state index contributed by atoms with van der Waals surface area (Å²) in [5, 5.41) is 17.4. The number of benzene rings is 1. The van der Waals surface area contributed by atoms with Crippen LogP contribution in [0.4, 0.5) is 10.3 Å². The van der Waals surface area contributed by atoms with Gasteiger partial charge in [-0.2, -0.15) is 0 Å². The summed E-state index contributed by atoms with van der Waals surface area (Å²) in [5.41, 5.74) is 0.595. The summed E-state index contributed by atoms with van der Waals surface area (Å²) in [4.78, 5) is 11.7. The fraction of sp³-hybridized carbons (Fsp3) is 0.261. The minimum Gasteiger partial charge on any atom is -0.494 e. The Labute approximate surface area is 217 Å². The zero-order chi connectivity index (χ0) is 27.4. The predicted molar refractivity (Wildman–Crippen MR) is 133 cm³/mol. The van der Waals surface area contributed by atoms with Gasteiger partial charge in [-0.15, -0.1) is 10.2 Å². The Kier molecular flexibility index (Phi) is 7.68. The molecule has 0 saturated carbocycles. The highest BCUT2D eigenvalue weighted by Gasteiger charge is 2.34. The summed E-state index contributed by atoms with van der Waals surface area (Å²) in [6.45, 7) is 1.24. The largest absolute Gasteiger partial charge is 0.494 e. The molecule has 0 aliphatic heterocycles. The summed E-state index contributed by atoms with van der Waals surface area (Å²) in [5.74, 6) is -0.165. The van der Waals surface area contributed by atoms with Crippen LogP contribution in [0.5, 0.6) is 17.4 Å². The number of aliphatic hydroxyl groups is 1. The second kappa shape index (κ2) is 10.9. The molecule has 3 aromatic heterocycles. The van der Waals surface area contributed by atoms with Crippen LogP contribution in [0.1, 0.15) is 18.9 Å². The molecule has 0 aliphatic carbocycles. The van der Waals surface area contributed by atoms with Crippen LogP contribution >= 0.6 is 0 Å². The van der Waals surface area contributed by atoms with E-state index in [4.69, 9.17) is 14.2 Å². The number of aromatic nitrogens is 6. The molecule has 4 aromatic rings. The van der Waals surface area contributed by atoms with Crippen molar-refractivity contribution in [3.63, 3.8) is 0 Å². The first-order valence-corrected chi connectivity index (χ1v) is 12.6. The predicted octanol–water partition coefficient (Wildman–Crippen LogP) is 2.15. The van der Waals surface area contributed by atoms with Gasteiger partial charge in [-0.25, -0.2) is 27.8 Å². The number of rotatable bonds is 10. The molecule has 2 N–H and O–H groups in total. The molecule has 0 bridgehead atoms. The van der Waals surface area contributed by atoms with Crippen LogP contribution in [0.2, 0.25) is 0 Å². The van der Waals surface area contributed by atoms with Gasteiger partial charge >= 0.3 is 0 Å². The van der Waals surface area contributed by atoms with Crippen molar-refractivity contribution in [2.24, 2.45) is 0 Å². The lowest BCUT2D eigenvalue weighted by Gasteiger charge is -2.20. The second-order valence-electron chi connectivity index (χ2n) is 7.82. The van der Waals surface area contributed by atoms with Crippen molar-refractivity contribution in [3.05, 3.63) is 60.4 Å². The van der Waals surface area contributed by atoms with Crippen molar-refractivity contribution in [2.75, 3.05) is 26.1 Å². The van der Waals surface area contributed by atoms with Crippen molar-refractivity contribution >= 4 is 16.0 Å². The van der Waals surface area contributed by atoms with Gasteiger partial charge in [-0.1, -0.05) is 12.1 Å². The Bertz CT molecular complexity index is 1510. The molecule has 1 aromatic carbocycles. The summed E-state index contributed by atoms with van der Waals surface area (Å²) >= 11 is 0. The van der Waals surface area contributed by atoms with E-state index >= 15 is 0 Å². The summed E-state index contributed by atoms with van der Waals surface area (Å²) in [6.07, 6.45) is -0.0168. The molecule has 0 aliphatic rings. The third-order valence-electron chi connectivity index (χ3n) is 5.52. The smallest absolute Gasteiger partial charge is 0.243 e. The number of methoxy groups -OCH3 is 3. The van der Waals surface area contributed by atoms with Crippen molar-refractivity contribution in [1.29, 1.82) is 0 Å². The SMILES string of the molecule is COc1cccc(-c2nnc(NS(=O)(=O)C(C)C(O)c3ncc(F)cn3)n2-c2c(OC)cccc2OC)n1. The second-order valence-corrected chi connectivity index (χ2v) is 9.85. The van der Waals surface area contributed by atoms with Gasteiger partial charge in [-0.05, 0) is 25.1 Å². The van der Waals surface area contributed by atoms with E-state index in [1.807, 2.05) is 0 Å². The highest BCUT2D eigenvalue weighted by atomic mass is 32.2. The van der Waals surface area contributed by atoms with Crippen LogP contribution in [0, 0.1) is 5.82 Å². The van der Waals surface area contributed by atoms with Gasteiger partial charge in [0.1, 0.15) is 34.2 Å². The van der Waals surface area contributed by atoms with Crippen LogP contribution in [-0.2, 0) is 10.0 Å². The van der Waals surface area contributed by atoms with Crippen LogP contribution in [0.15, 0.2) is 48.8 Å². The van der Waals surface area contributed by atoms with E-state index in [-0.39, 0.29) is 23.3 Å². The van der Waals surface area contributed by atoms with Crippen molar-refractivity contribution in [1.82, 2.24) is 29.7 Å². The number of halogens is 1. The average Bonchev–Trinajstić information content (AvgIpc) is 3.34. The van der Waals surface area contributed by atoms with E-state index in [1.165, 1.54) is 32.8 Å².